The van der Waals surface area contributed by atoms with Gasteiger partial charge in [-0.05, 0) is 0 Å². The fraction of sp³-hybridized carbons (Fsp3) is 1.00. The summed E-state index contributed by atoms with van der Waals surface area (Å²) in [4.78, 5) is 0. The molecule has 0 saturated heterocycles. The van der Waals surface area contributed by atoms with E-state index in [1.54, 1.807) is 0 Å². The number of ether oxygens (including phenoxy) is 3. The zero-order valence-corrected chi connectivity index (χ0v) is 15.8. The molecular weight excluding hydrogens is 300 g/mol. The van der Waals surface area contributed by atoms with Crippen LogP contribution in [0.4, 0.5) is 0 Å². The van der Waals surface area contributed by atoms with Crippen molar-refractivity contribution in [3.8, 4) is 0 Å². The molecule has 0 rings (SSSR count). The van der Waals surface area contributed by atoms with Crippen molar-refractivity contribution < 1.29 is 33.4 Å². The van der Waals surface area contributed by atoms with Crippen molar-refractivity contribution in [1.29, 1.82) is 0 Å². The Bertz CT molecular complexity index is 261. The lowest BCUT2D eigenvalue weighted by atomic mass is 10.4. The highest BCUT2D eigenvalue weighted by atomic mass is 16.8. The minimum absolute atomic E-state index is 0.261. The lowest BCUT2D eigenvalue weighted by molar-refractivity contribution is -0.870. The molecule has 0 aliphatic rings. The summed E-state index contributed by atoms with van der Waals surface area (Å²) in [6.07, 6.45) is 0.214. The molecule has 140 valence electrons. The van der Waals surface area contributed by atoms with Crippen molar-refractivity contribution in [3.63, 3.8) is 0 Å². The minimum Gasteiger partial charge on any atom is -0.391 e. The normalized spacial score (nSPS) is 15.7. The predicted octanol–water partition coefficient (Wildman–Crippen LogP) is -0.134. The quantitative estimate of drug-likeness (QED) is 0.262. The molecule has 0 aliphatic heterocycles. The molecule has 0 heterocycles. The first-order chi connectivity index (χ1) is 10.6. The molecule has 0 radical (unpaired) electrons. The van der Waals surface area contributed by atoms with Crippen LogP contribution in [0.2, 0.25) is 0 Å². The summed E-state index contributed by atoms with van der Waals surface area (Å²) in [5.41, 5.74) is 0. The maximum Gasteiger partial charge on any atom is 0.183 e. The van der Waals surface area contributed by atoms with Gasteiger partial charge in [-0.3, -0.25) is 0 Å². The lowest BCUT2D eigenvalue weighted by Crippen LogP contribution is -2.37. The number of hydrogen-bond acceptors (Lipinski definition) is 5. The van der Waals surface area contributed by atoms with Crippen molar-refractivity contribution in [2.75, 3.05) is 81.8 Å². The molecule has 23 heavy (non-hydrogen) atoms. The Morgan fingerprint density at radius 1 is 0.696 bits per heavy atom. The summed E-state index contributed by atoms with van der Waals surface area (Å²) in [6.45, 7) is 2.43. The first-order valence-electron chi connectivity index (χ1n) is 8.28. The SMILES string of the molecule is C[N+](C)(C)CCCOC(CO)OC(CO)OCCC[N+](C)(C)C. The molecule has 0 saturated carbocycles. The molecule has 0 aromatic carbocycles. The molecule has 2 unspecified atom stereocenters. The van der Waals surface area contributed by atoms with Crippen LogP contribution >= 0.6 is 0 Å². The molecule has 7 nitrogen and oxygen atoms in total. The lowest BCUT2D eigenvalue weighted by Gasteiger charge is -2.26. The van der Waals surface area contributed by atoms with Crippen molar-refractivity contribution in [2.45, 2.75) is 25.4 Å². The van der Waals surface area contributed by atoms with Gasteiger partial charge in [-0.2, -0.15) is 0 Å². The number of quaternary nitrogens is 2. The standard InChI is InChI=1S/C16H38N2O5/c1-17(2,3)9-7-11-21-15(13-19)23-16(14-20)22-12-8-10-18(4,5)6/h15-16,19-20H,7-14H2,1-6H3/q+2. The van der Waals surface area contributed by atoms with Crippen molar-refractivity contribution in [1.82, 2.24) is 0 Å². The zero-order chi connectivity index (χ0) is 17.9. The summed E-state index contributed by atoms with van der Waals surface area (Å²) < 4.78 is 18.2. The smallest absolute Gasteiger partial charge is 0.183 e. The van der Waals surface area contributed by atoms with Gasteiger partial charge in [0.05, 0.1) is 81.8 Å². The Balaban J connectivity index is 3.96. The topological polar surface area (TPSA) is 68.2 Å². The molecule has 0 aliphatic carbocycles. The molecule has 0 fully saturated rings. The largest absolute Gasteiger partial charge is 0.391 e. The van der Waals surface area contributed by atoms with Crippen LogP contribution in [0.15, 0.2) is 0 Å². The van der Waals surface area contributed by atoms with Crippen LogP contribution in [-0.4, -0.2) is 114 Å². The summed E-state index contributed by atoms with van der Waals surface area (Å²) in [5, 5.41) is 18.6. The zero-order valence-electron chi connectivity index (χ0n) is 15.8. The molecule has 2 N–H and O–H groups in total. The van der Waals surface area contributed by atoms with Gasteiger partial charge in [0, 0.05) is 12.8 Å². The molecule has 0 spiro atoms. The average molecular weight is 338 g/mol. The van der Waals surface area contributed by atoms with Crippen LogP contribution in [0.5, 0.6) is 0 Å². The van der Waals surface area contributed by atoms with Crippen LogP contribution in [0, 0.1) is 0 Å². The van der Waals surface area contributed by atoms with E-state index in [1.807, 2.05) is 0 Å². The second-order valence-electron chi connectivity index (χ2n) is 7.84. The molecule has 0 amide bonds. The van der Waals surface area contributed by atoms with Gasteiger partial charge >= 0.3 is 0 Å². The second-order valence-corrected chi connectivity index (χ2v) is 7.84. The maximum absolute atomic E-state index is 9.31. The van der Waals surface area contributed by atoms with Gasteiger partial charge in [-0.15, -0.1) is 0 Å². The number of nitrogens with zero attached hydrogens (tertiary/aromatic N) is 2. The first kappa shape index (κ1) is 22.7. The van der Waals surface area contributed by atoms with Gasteiger partial charge in [0.25, 0.3) is 0 Å². The van der Waals surface area contributed by atoms with Crippen LogP contribution in [0.25, 0.3) is 0 Å². The Hall–Kier alpha value is -0.280. The van der Waals surface area contributed by atoms with Crippen LogP contribution in [0.1, 0.15) is 12.8 Å². The molecule has 0 aromatic heterocycles. The molecule has 0 aromatic rings. The Morgan fingerprint density at radius 3 is 1.30 bits per heavy atom. The highest BCUT2D eigenvalue weighted by Gasteiger charge is 2.17. The van der Waals surface area contributed by atoms with E-state index in [2.05, 4.69) is 42.3 Å². The fourth-order valence-corrected chi connectivity index (χ4v) is 1.95. The monoisotopic (exact) mass is 338 g/mol. The Labute approximate surface area is 141 Å². The summed E-state index contributed by atoms with van der Waals surface area (Å²) >= 11 is 0. The van der Waals surface area contributed by atoms with Gasteiger partial charge in [-0.25, -0.2) is 0 Å². The second kappa shape index (κ2) is 11.3. The average Bonchev–Trinajstić information content (AvgIpc) is 2.42. The van der Waals surface area contributed by atoms with E-state index in [-0.39, 0.29) is 13.2 Å². The van der Waals surface area contributed by atoms with E-state index in [0.29, 0.717) is 13.2 Å². The van der Waals surface area contributed by atoms with Gasteiger partial charge in [0.15, 0.2) is 12.6 Å². The van der Waals surface area contributed by atoms with Crippen molar-refractivity contribution in [3.05, 3.63) is 0 Å². The third kappa shape index (κ3) is 15.0. The van der Waals surface area contributed by atoms with Gasteiger partial charge in [0.1, 0.15) is 0 Å². The van der Waals surface area contributed by atoms with Gasteiger partial charge < -0.3 is 33.4 Å². The number of hydrogen-bond donors (Lipinski definition) is 2. The highest BCUT2D eigenvalue weighted by molar-refractivity contribution is 4.48. The maximum atomic E-state index is 9.31. The van der Waals surface area contributed by atoms with E-state index in [1.165, 1.54) is 0 Å². The van der Waals surface area contributed by atoms with Gasteiger partial charge in [0.2, 0.25) is 0 Å². The highest BCUT2D eigenvalue weighted by Crippen LogP contribution is 2.05. The predicted molar refractivity (Wildman–Crippen MR) is 89.8 cm³/mol. The Kier molecular flexibility index (Phi) is 11.2. The Morgan fingerprint density at radius 2 is 1.04 bits per heavy atom. The van der Waals surface area contributed by atoms with Gasteiger partial charge in [-0.1, -0.05) is 0 Å². The van der Waals surface area contributed by atoms with Crippen molar-refractivity contribution in [2.24, 2.45) is 0 Å². The summed E-state index contributed by atoms with van der Waals surface area (Å²) in [6, 6.07) is 0. The summed E-state index contributed by atoms with van der Waals surface area (Å²) in [7, 11) is 12.7. The number of aliphatic hydroxyl groups is 2. The van der Waals surface area contributed by atoms with E-state index < -0.39 is 12.6 Å². The molecule has 7 heteroatoms. The van der Waals surface area contributed by atoms with Crippen molar-refractivity contribution >= 4 is 0 Å². The van der Waals surface area contributed by atoms with Crippen LogP contribution in [0.3, 0.4) is 0 Å². The van der Waals surface area contributed by atoms with Crippen LogP contribution < -0.4 is 0 Å². The van der Waals surface area contributed by atoms with E-state index >= 15 is 0 Å². The third-order valence-corrected chi connectivity index (χ3v) is 3.16. The third-order valence-electron chi connectivity index (χ3n) is 3.16. The van der Waals surface area contributed by atoms with E-state index in [4.69, 9.17) is 14.2 Å². The first-order valence-corrected chi connectivity index (χ1v) is 8.28. The van der Waals surface area contributed by atoms with Crippen LogP contribution in [-0.2, 0) is 14.2 Å². The molecular formula is C16H38N2O5+2. The van der Waals surface area contributed by atoms with E-state index in [9.17, 15) is 10.2 Å². The fourth-order valence-electron chi connectivity index (χ4n) is 1.95. The number of rotatable bonds is 14. The molecule has 2 atom stereocenters. The summed E-state index contributed by atoms with van der Waals surface area (Å²) in [5.74, 6) is 0. The molecule has 0 bridgehead atoms. The number of aliphatic hydroxyl groups excluding tert-OH is 2. The minimum atomic E-state index is -0.766. The van der Waals surface area contributed by atoms with E-state index in [0.717, 1.165) is 34.9 Å².